The van der Waals surface area contributed by atoms with E-state index in [0.717, 1.165) is 17.8 Å². The lowest BCUT2D eigenvalue weighted by Crippen LogP contribution is -2.51. The monoisotopic (exact) mass is 280 g/mol. The van der Waals surface area contributed by atoms with E-state index in [-0.39, 0.29) is 11.2 Å². The standard InChI is InChI=1S/C15H24N2OS/c1-13(2)9-15(16,14(3,4)18-13)12-17-10-7-5-6-8-11(10)19-12/h5-9,16H2,1-4H3. The molecule has 1 aromatic rings. The molecule has 1 unspecified atom stereocenters. The van der Waals surface area contributed by atoms with E-state index in [4.69, 9.17) is 15.5 Å². The zero-order valence-electron chi connectivity index (χ0n) is 12.4. The molecule has 0 radical (unpaired) electrons. The highest BCUT2D eigenvalue weighted by Crippen LogP contribution is 2.50. The first-order valence-corrected chi connectivity index (χ1v) is 8.03. The van der Waals surface area contributed by atoms with Crippen molar-refractivity contribution in [3.05, 3.63) is 15.6 Å². The van der Waals surface area contributed by atoms with E-state index in [2.05, 4.69) is 27.7 Å². The van der Waals surface area contributed by atoms with Gasteiger partial charge in [-0.3, -0.25) is 0 Å². The van der Waals surface area contributed by atoms with Gasteiger partial charge in [-0.1, -0.05) is 0 Å². The van der Waals surface area contributed by atoms with Crippen molar-refractivity contribution in [1.29, 1.82) is 0 Å². The first-order valence-electron chi connectivity index (χ1n) is 7.22. The largest absolute Gasteiger partial charge is 0.367 e. The molecule has 0 bridgehead atoms. The minimum atomic E-state index is -0.460. The van der Waals surface area contributed by atoms with Crippen LogP contribution in [-0.4, -0.2) is 16.2 Å². The van der Waals surface area contributed by atoms with Crippen molar-refractivity contribution in [3.63, 3.8) is 0 Å². The Morgan fingerprint density at radius 1 is 1.16 bits per heavy atom. The Balaban J connectivity index is 2.03. The van der Waals surface area contributed by atoms with Gasteiger partial charge in [0.1, 0.15) is 5.01 Å². The van der Waals surface area contributed by atoms with Crippen molar-refractivity contribution in [1.82, 2.24) is 4.98 Å². The molecule has 3 rings (SSSR count). The van der Waals surface area contributed by atoms with Crippen molar-refractivity contribution in [2.24, 2.45) is 5.73 Å². The predicted molar refractivity (Wildman–Crippen MR) is 78.5 cm³/mol. The van der Waals surface area contributed by atoms with Gasteiger partial charge in [-0.2, -0.15) is 0 Å². The Bertz CT molecular complexity index is 483. The molecule has 3 nitrogen and oxygen atoms in total. The number of aryl methyl sites for hydroxylation is 2. The molecule has 106 valence electrons. The molecule has 1 aromatic heterocycles. The van der Waals surface area contributed by atoms with Gasteiger partial charge in [-0.15, -0.1) is 11.3 Å². The lowest BCUT2D eigenvalue weighted by molar-refractivity contribution is -0.0795. The third kappa shape index (κ3) is 2.05. The molecule has 1 fully saturated rings. The van der Waals surface area contributed by atoms with Gasteiger partial charge in [0, 0.05) is 11.3 Å². The van der Waals surface area contributed by atoms with Crippen LogP contribution < -0.4 is 5.73 Å². The Labute approximate surface area is 119 Å². The summed E-state index contributed by atoms with van der Waals surface area (Å²) >= 11 is 1.82. The van der Waals surface area contributed by atoms with Gasteiger partial charge in [0.05, 0.1) is 22.4 Å². The maximum absolute atomic E-state index is 6.77. The topological polar surface area (TPSA) is 48.1 Å². The summed E-state index contributed by atoms with van der Waals surface area (Å²) < 4.78 is 6.18. The number of nitrogens with two attached hydrogens (primary N) is 1. The third-order valence-corrected chi connectivity index (χ3v) is 5.87. The van der Waals surface area contributed by atoms with Gasteiger partial charge in [0.15, 0.2) is 0 Å². The molecule has 0 amide bonds. The Hall–Kier alpha value is -0.450. The molecule has 1 saturated heterocycles. The average molecular weight is 280 g/mol. The third-order valence-electron chi connectivity index (χ3n) is 4.54. The Kier molecular flexibility index (Phi) is 2.87. The molecule has 2 aliphatic rings. The maximum atomic E-state index is 6.77. The van der Waals surface area contributed by atoms with Crippen molar-refractivity contribution in [2.45, 2.75) is 76.5 Å². The smallest absolute Gasteiger partial charge is 0.116 e. The molecule has 1 aliphatic heterocycles. The number of rotatable bonds is 1. The van der Waals surface area contributed by atoms with Crippen LogP contribution in [0.2, 0.25) is 0 Å². The first kappa shape index (κ1) is 13.5. The fourth-order valence-corrected chi connectivity index (χ4v) is 4.98. The number of fused-ring (bicyclic) bond motifs is 1. The maximum Gasteiger partial charge on any atom is 0.116 e. The highest BCUT2D eigenvalue weighted by atomic mass is 32.1. The van der Waals surface area contributed by atoms with Crippen molar-refractivity contribution < 1.29 is 4.74 Å². The molecule has 1 aliphatic carbocycles. The summed E-state index contributed by atoms with van der Waals surface area (Å²) in [5.41, 5.74) is 7.06. The van der Waals surface area contributed by atoms with Crippen molar-refractivity contribution >= 4 is 11.3 Å². The normalized spacial score (nSPS) is 32.3. The fraction of sp³-hybridized carbons (Fsp3) is 0.800. The zero-order valence-corrected chi connectivity index (χ0v) is 13.2. The van der Waals surface area contributed by atoms with Crippen LogP contribution in [0, 0.1) is 0 Å². The number of hydrogen-bond acceptors (Lipinski definition) is 4. The molecule has 4 heteroatoms. The summed E-state index contributed by atoms with van der Waals surface area (Å²) in [6, 6.07) is 0. The quantitative estimate of drug-likeness (QED) is 0.859. The van der Waals surface area contributed by atoms with Crippen LogP contribution in [0.25, 0.3) is 0 Å². The van der Waals surface area contributed by atoms with Gasteiger partial charge in [-0.25, -0.2) is 4.98 Å². The van der Waals surface area contributed by atoms with Crippen LogP contribution in [-0.2, 0) is 23.1 Å². The number of aromatic nitrogens is 1. The SMILES string of the molecule is CC1(C)CC(N)(c2nc3c(s2)CCCC3)C(C)(C)O1. The Morgan fingerprint density at radius 2 is 1.84 bits per heavy atom. The van der Waals surface area contributed by atoms with Crippen LogP contribution >= 0.6 is 11.3 Å². The summed E-state index contributed by atoms with van der Waals surface area (Å²) in [6.45, 7) is 8.44. The highest BCUT2D eigenvalue weighted by molar-refractivity contribution is 7.12. The molecular formula is C15H24N2OS. The van der Waals surface area contributed by atoms with E-state index < -0.39 is 5.54 Å². The zero-order chi connectivity index (χ0) is 13.9. The molecular weight excluding hydrogens is 256 g/mol. The Morgan fingerprint density at radius 3 is 2.42 bits per heavy atom. The summed E-state index contributed by atoms with van der Waals surface area (Å²) in [4.78, 5) is 6.33. The number of nitrogens with zero attached hydrogens (tertiary/aromatic N) is 1. The minimum Gasteiger partial charge on any atom is -0.367 e. The number of ether oxygens (including phenoxy) is 1. The molecule has 19 heavy (non-hydrogen) atoms. The van der Waals surface area contributed by atoms with Gasteiger partial charge < -0.3 is 10.5 Å². The minimum absolute atomic E-state index is 0.176. The van der Waals surface area contributed by atoms with Gasteiger partial charge >= 0.3 is 0 Å². The number of hydrogen-bond donors (Lipinski definition) is 1. The molecule has 0 aromatic carbocycles. The second-order valence-electron chi connectivity index (χ2n) is 7.12. The molecule has 1 atom stereocenters. The van der Waals surface area contributed by atoms with Gasteiger partial charge in [0.25, 0.3) is 0 Å². The van der Waals surface area contributed by atoms with E-state index in [9.17, 15) is 0 Å². The van der Waals surface area contributed by atoms with Gasteiger partial charge in [0.2, 0.25) is 0 Å². The van der Waals surface area contributed by atoms with Crippen LogP contribution in [0.1, 0.15) is 62.5 Å². The molecule has 0 saturated carbocycles. The van der Waals surface area contributed by atoms with Crippen LogP contribution in [0.15, 0.2) is 0 Å². The van der Waals surface area contributed by atoms with Crippen LogP contribution in [0.5, 0.6) is 0 Å². The average Bonchev–Trinajstić information content (AvgIpc) is 2.76. The summed E-state index contributed by atoms with van der Waals surface area (Å²) in [7, 11) is 0. The van der Waals surface area contributed by atoms with E-state index in [0.29, 0.717) is 0 Å². The lowest BCUT2D eigenvalue weighted by atomic mass is 9.80. The number of thiazole rings is 1. The summed E-state index contributed by atoms with van der Waals surface area (Å²) in [5.74, 6) is 0. The van der Waals surface area contributed by atoms with Crippen molar-refractivity contribution in [3.8, 4) is 0 Å². The predicted octanol–water partition coefficient (Wildman–Crippen LogP) is 3.15. The fourth-order valence-electron chi connectivity index (χ4n) is 3.58. The van der Waals surface area contributed by atoms with Crippen LogP contribution in [0.3, 0.4) is 0 Å². The molecule has 2 N–H and O–H groups in total. The first-order chi connectivity index (χ1) is 8.74. The molecule has 0 spiro atoms. The van der Waals surface area contributed by atoms with Crippen molar-refractivity contribution in [2.75, 3.05) is 0 Å². The summed E-state index contributed by atoms with van der Waals surface area (Å²) in [5, 5.41) is 1.08. The molecule has 2 heterocycles. The van der Waals surface area contributed by atoms with E-state index in [1.165, 1.54) is 29.8 Å². The van der Waals surface area contributed by atoms with Gasteiger partial charge in [-0.05, 0) is 53.4 Å². The second-order valence-corrected chi connectivity index (χ2v) is 8.20. The lowest BCUT2D eigenvalue weighted by Gasteiger charge is -2.34. The van der Waals surface area contributed by atoms with Crippen LogP contribution in [0.4, 0.5) is 0 Å². The second kappa shape index (κ2) is 4.03. The van der Waals surface area contributed by atoms with E-state index in [1.807, 2.05) is 11.3 Å². The van der Waals surface area contributed by atoms with E-state index >= 15 is 0 Å². The summed E-state index contributed by atoms with van der Waals surface area (Å²) in [6.07, 6.45) is 5.68. The van der Waals surface area contributed by atoms with E-state index in [1.54, 1.807) is 0 Å². The highest BCUT2D eigenvalue weighted by Gasteiger charge is 2.57.